The maximum atomic E-state index is 5.10. The fourth-order valence-corrected chi connectivity index (χ4v) is 0.838. The first-order chi connectivity index (χ1) is 5.88. The van der Waals surface area contributed by atoms with Gasteiger partial charge in [-0.1, -0.05) is 25.2 Å². The van der Waals surface area contributed by atoms with Crippen LogP contribution in [0.3, 0.4) is 0 Å². The van der Waals surface area contributed by atoms with Gasteiger partial charge in [0, 0.05) is 6.42 Å². The number of hydrogen-bond acceptors (Lipinski definition) is 2. The summed E-state index contributed by atoms with van der Waals surface area (Å²) in [5, 5.41) is 0. The van der Waals surface area contributed by atoms with Crippen LogP contribution in [0.5, 0.6) is 0 Å². The van der Waals surface area contributed by atoms with Crippen LogP contribution in [0.1, 0.15) is 26.2 Å². The van der Waals surface area contributed by atoms with Gasteiger partial charge >= 0.3 is 0 Å². The highest BCUT2D eigenvalue weighted by Gasteiger charge is 2.30. The minimum Gasteiger partial charge on any atom is -0.501 e. The van der Waals surface area contributed by atoms with Crippen molar-refractivity contribution < 1.29 is 9.47 Å². The lowest BCUT2D eigenvalue weighted by atomic mass is 10.2. The zero-order valence-electron chi connectivity index (χ0n) is 7.59. The van der Waals surface area contributed by atoms with E-state index >= 15 is 0 Å². The molecule has 1 fully saturated rings. The Labute approximate surface area is 73.6 Å². The van der Waals surface area contributed by atoms with Crippen LogP contribution in [-0.2, 0) is 9.47 Å². The lowest BCUT2D eigenvalue weighted by Gasteiger charge is -1.81. The van der Waals surface area contributed by atoms with E-state index in [1.54, 1.807) is 13.4 Å². The molecule has 1 unspecified atom stereocenters. The summed E-state index contributed by atoms with van der Waals surface area (Å²) in [5.74, 6) is 6.92. The van der Waals surface area contributed by atoms with Gasteiger partial charge in [0.25, 0.3) is 0 Å². The summed E-state index contributed by atoms with van der Waals surface area (Å²) in [4.78, 5) is 0. The normalized spacial score (nSPS) is 22.5. The second-order valence-electron chi connectivity index (χ2n) is 2.68. The lowest BCUT2D eigenvalue weighted by Crippen LogP contribution is -1.75. The van der Waals surface area contributed by atoms with Gasteiger partial charge in [0.15, 0.2) is 5.76 Å². The van der Waals surface area contributed by atoms with E-state index in [0.717, 1.165) is 12.2 Å². The molecule has 0 aromatic carbocycles. The molecule has 0 radical (unpaired) electrons. The Morgan fingerprint density at radius 1 is 1.67 bits per heavy atom. The van der Waals surface area contributed by atoms with Crippen molar-refractivity contribution in [3.8, 4) is 11.8 Å². The second kappa shape index (κ2) is 4.71. The topological polar surface area (TPSA) is 21.8 Å². The molecule has 0 saturated carbocycles. The molecule has 1 aliphatic rings. The van der Waals surface area contributed by atoms with Crippen molar-refractivity contribution in [1.29, 1.82) is 0 Å². The summed E-state index contributed by atoms with van der Waals surface area (Å²) in [6.07, 6.45) is 4.95. The van der Waals surface area contributed by atoms with Gasteiger partial charge in [0.05, 0.1) is 7.11 Å². The molecular weight excluding hydrogens is 152 g/mol. The Kier molecular flexibility index (Phi) is 3.53. The first-order valence-corrected chi connectivity index (χ1v) is 4.26. The molecule has 2 heteroatoms. The highest BCUT2D eigenvalue weighted by atomic mass is 16.6. The molecule has 1 atom stereocenters. The Morgan fingerprint density at radius 2 is 2.50 bits per heavy atom. The van der Waals surface area contributed by atoms with Crippen LogP contribution in [0.2, 0.25) is 0 Å². The van der Waals surface area contributed by atoms with Crippen molar-refractivity contribution in [3.63, 3.8) is 0 Å². The average Bonchev–Trinajstić information content (AvgIpc) is 2.79. The number of unbranched alkanes of at least 4 members (excludes halogenated alkanes) is 2. The largest absolute Gasteiger partial charge is 0.501 e. The van der Waals surface area contributed by atoms with Crippen LogP contribution in [0.15, 0.2) is 12.0 Å². The van der Waals surface area contributed by atoms with Crippen molar-refractivity contribution in [2.24, 2.45) is 0 Å². The number of epoxide rings is 1. The number of rotatable bonds is 3. The van der Waals surface area contributed by atoms with Gasteiger partial charge in [0.2, 0.25) is 6.10 Å². The molecular formula is C10H14O2. The van der Waals surface area contributed by atoms with Gasteiger partial charge < -0.3 is 9.47 Å². The Bertz CT molecular complexity index is 220. The standard InChI is InChI=1S/C10H14O2/c1-3-4-5-6-7-9-10(12-9)8-11-2/h8-9H,3-5H2,1-2H3/b10-8-. The highest BCUT2D eigenvalue weighted by molar-refractivity contribution is 5.27. The molecule has 1 heterocycles. The molecule has 0 N–H and O–H groups in total. The molecule has 2 nitrogen and oxygen atoms in total. The third kappa shape index (κ3) is 2.87. The second-order valence-corrected chi connectivity index (χ2v) is 2.68. The van der Waals surface area contributed by atoms with E-state index in [9.17, 15) is 0 Å². The number of methoxy groups -OCH3 is 1. The van der Waals surface area contributed by atoms with Crippen LogP contribution in [0, 0.1) is 11.8 Å². The quantitative estimate of drug-likeness (QED) is 0.277. The molecule has 1 rings (SSSR count). The van der Waals surface area contributed by atoms with Crippen LogP contribution in [-0.4, -0.2) is 13.2 Å². The summed E-state index contributed by atoms with van der Waals surface area (Å²) >= 11 is 0. The molecule has 0 spiro atoms. The minimum absolute atomic E-state index is 0.0156. The monoisotopic (exact) mass is 166 g/mol. The summed E-state index contributed by atoms with van der Waals surface area (Å²) in [6, 6.07) is 0. The molecule has 0 aromatic heterocycles. The molecule has 1 saturated heterocycles. The summed E-state index contributed by atoms with van der Waals surface area (Å²) < 4.78 is 9.87. The Morgan fingerprint density at radius 3 is 3.17 bits per heavy atom. The fraction of sp³-hybridized carbons (Fsp3) is 0.600. The lowest BCUT2D eigenvalue weighted by molar-refractivity contribution is 0.328. The predicted molar refractivity (Wildman–Crippen MR) is 47.3 cm³/mol. The van der Waals surface area contributed by atoms with Gasteiger partial charge in [-0.3, -0.25) is 0 Å². The third-order valence-electron chi connectivity index (χ3n) is 1.58. The van der Waals surface area contributed by atoms with Crippen molar-refractivity contribution in [3.05, 3.63) is 12.0 Å². The van der Waals surface area contributed by atoms with E-state index in [-0.39, 0.29) is 6.10 Å². The first kappa shape index (κ1) is 8.99. The maximum absolute atomic E-state index is 5.10. The number of hydrogen-bond donors (Lipinski definition) is 0. The Hall–Kier alpha value is -1.10. The van der Waals surface area contributed by atoms with E-state index in [4.69, 9.17) is 9.47 Å². The van der Waals surface area contributed by atoms with Gasteiger partial charge in [-0.05, 0) is 6.42 Å². The van der Waals surface area contributed by atoms with Gasteiger partial charge in [0.1, 0.15) is 6.26 Å². The summed E-state index contributed by atoms with van der Waals surface area (Å²) in [5.41, 5.74) is 0. The van der Waals surface area contributed by atoms with E-state index in [1.165, 1.54) is 12.8 Å². The van der Waals surface area contributed by atoms with E-state index in [1.807, 2.05) is 0 Å². The van der Waals surface area contributed by atoms with E-state index < -0.39 is 0 Å². The van der Waals surface area contributed by atoms with Gasteiger partial charge in [-0.15, -0.1) is 0 Å². The van der Waals surface area contributed by atoms with Gasteiger partial charge in [-0.25, -0.2) is 0 Å². The maximum Gasteiger partial charge on any atom is 0.218 e. The van der Waals surface area contributed by atoms with E-state index in [2.05, 4.69) is 18.8 Å². The summed E-state index contributed by atoms with van der Waals surface area (Å²) in [7, 11) is 1.61. The number of ether oxygens (including phenoxy) is 2. The van der Waals surface area contributed by atoms with Crippen molar-refractivity contribution in [1.82, 2.24) is 0 Å². The van der Waals surface area contributed by atoms with Crippen LogP contribution >= 0.6 is 0 Å². The Balaban J connectivity index is 2.16. The van der Waals surface area contributed by atoms with E-state index in [0.29, 0.717) is 0 Å². The van der Waals surface area contributed by atoms with Crippen LogP contribution in [0.25, 0.3) is 0 Å². The summed E-state index contributed by atoms with van der Waals surface area (Å²) in [6.45, 7) is 2.16. The molecule has 0 amide bonds. The molecule has 12 heavy (non-hydrogen) atoms. The van der Waals surface area contributed by atoms with Crippen LogP contribution < -0.4 is 0 Å². The fourth-order valence-electron chi connectivity index (χ4n) is 0.838. The van der Waals surface area contributed by atoms with Crippen molar-refractivity contribution in [2.45, 2.75) is 32.3 Å². The van der Waals surface area contributed by atoms with Crippen molar-refractivity contribution >= 4 is 0 Å². The highest BCUT2D eigenvalue weighted by Crippen LogP contribution is 2.25. The SMILES string of the molecule is CCCCC#CC1O/C1=C\OC. The van der Waals surface area contributed by atoms with Crippen LogP contribution in [0.4, 0.5) is 0 Å². The predicted octanol–water partition coefficient (Wildman–Crippen LogP) is 2.07. The van der Waals surface area contributed by atoms with Gasteiger partial charge in [-0.2, -0.15) is 0 Å². The molecule has 1 aliphatic heterocycles. The van der Waals surface area contributed by atoms with Crippen molar-refractivity contribution in [2.75, 3.05) is 7.11 Å². The molecule has 0 bridgehead atoms. The third-order valence-corrected chi connectivity index (χ3v) is 1.58. The molecule has 66 valence electrons. The molecule has 0 aliphatic carbocycles. The zero-order valence-corrected chi connectivity index (χ0v) is 7.59. The minimum atomic E-state index is 0.0156. The zero-order chi connectivity index (χ0) is 8.81. The molecule has 0 aromatic rings. The smallest absolute Gasteiger partial charge is 0.218 e. The average molecular weight is 166 g/mol. The first-order valence-electron chi connectivity index (χ1n) is 4.26.